The van der Waals surface area contributed by atoms with Gasteiger partial charge in [-0.3, -0.25) is 9.47 Å². The number of aliphatic hydroxyl groups is 1. The first-order valence-electron chi connectivity index (χ1n) is 9.57. The molecule has 2 heterocycles. The molecule has 2 aromatic rings. The molecule has 1 aliphatic heterocycles. The predicted molar refractivity (Wildman–Crippen MR) is 105 cm³/mol. The fourth-order valence-electron chi connectivity index (χ4n) is 3.53. The monoisotopic (exact) mass is 368 g/mol. The molecule has 0 aliphatic carbocycles. The molecular weight excluding hydrogens is 340 g/mol. The van der Waals surface area contributed by atoms with Crippen molar-refractivity contribution in [1.82, 2.24) is 19.7 Å². The zero-order chi connectivity index (χ0) is 19.4. The van der Waals surface area contributed by atoms with Crippen molar-refractivity contribution in [1.29, 1.82) is 0 Å². The molecule has 6 nitrogen and oxygen atoms in total. The Morgan fingerprint density at radius 2 is 2.07 bits per heavy atom. The largest absolute Gasteiger partial charge is 0.378 e. The van der Waals surface area contributed by atoms with E-state index in [1.807, 2.05) is 19.1 Å². The van der Waals surface area contributed by atoms with Gasteiger partial charge < -0.3 is 5.11 Å². The summed E-state index contributed by atoms with van der Waals surface area (Å²) in [5.41, 5.74) is 1.04. The van der Waals surface area contributed by atoms with Crippen LogP contribution in [0.25, 0.3) is 0 Å². The van der Waals surface area contributed by atoms with Gasteiger partial charge in [0.15, 0.2) is 0 Å². The number of hydrogen-bond acceptors (Lipinski definition) is 4. The molecule has 27 heavy (non-hydrogen) atoms. The maximum Gasteiger partial charge on any atom is 0.343 e. The lowest BCUT2D eigenvalue weighted by Gasteiger charge is -2.32. The first-order valence-corrected chi connectivity index (χ1v) is 9.57. The summed E-state index contributed by atoms with van der Waals surface area (Å²) in [6.07, 6.45) is 2.16. The Morgan fingerprint density at radius 3 is 2.74 bits per heavy atom. The molecule has 1 aromatic carbocycles. The molecule has 0 spiro atoms. The van der Waals surface area contributed by atoms with Crippen molar-refractivity contribution >= 4 is 0 Å². The number of hydrogen-bond donors (Lipinski definition) is 2. The van der Waals surface area contributed by atoms with Crippen LogP contribution in [0.15, 0.2) is 29.1 Å². The van der Waals surface area contributed by atoms with Gasteiger partial charge in [-0.1, -0.05) is 24.0 Å². The van der Waals surface area contributed by atoms with Gasteiger partial charge >= 0.3 is 5.69 Å². The number of aromatic amines is 1. The number of nitrogens with one attached hydrogen (secondary N) is 1. The van der Waals surface area contributed by atoms with Crippen molar-refractivity contribution in [3.8, 4) is 11.8 Å². The van der Waals surface area contributed by atoms with Crippen LogP contribution < -0.4 is 5.69 Å². The maximum absolute atomic E-state index is 11.8. The van der Waals surface area contributed by atoms with Crippen molar-refractivity contribution in [2.45, 2.75) is 58.2 Å². The molecule has 1 aliphatic rings. The minimum absolute atomic E-state index is 0.118. The van der Waals surface area contributed by atoms with Crippen LogP contribution in [0, 0.1) is 11.8 Å². The molecule has 3 rings (SSSR count). The first-order chi connectivity index (χ1) is 12.9. The lowest BCUT2D eigenvalue weighted by Crippen LogP contribution is -2.35. The van der Waals surface area contributed by atoms with E-state index in [9.17, 15) is 9.90 Å². The van der Waals surface area contributed by atoms with Gasteiger partial charge in [-0.25, -0.2) is 9.89 Å². The minimum atomic E-state index is -0.979. The summed E-state index contributed by atoms with van der Waals surface area (Å²) in [4.78, 5) is 14.3. The Bertz CT molecular complexity index is 878. The summed E-state index contributed by atoms with van der Waals surface area (Å²) in [7, 11) is 0. The molecule has 1 saturated heterocycles. The van der Waals surface area contributed by atoms with Crippen molar-refractivity contribution in [2.24, 2.45) is 0 Å². The Kier molecular flexibility index (Phi) is 5.83. The smallest absolute Gasteiger partial charge is 0.343 e. The molecular formula is C21H28N4O2. The second-order valence-electron chi connectivity index (χ2n) is 7.71. The highest BCUT2D eigenvalue weighted by Gasteiger charge is 2.25. The fourth-order valence-corrected chi connectivity index (χ4v) is 3.53. The van der Waals surface area contributed by atoms with Crippen molar-refractivity contribution in [2.75, 3.05) is 13.1 Å². The van der Waals surface area contributed by atoms with Crippen LogP contribution in [0.2, 0.25) is 0 Å². The van der Waals surface area contributed by atoms with Crippen LogP contribution >= 0.6 is 0 Å². The molecule has 144 valence electrons. The highest BCUT2D eigenvalue weighted by atomic mass is 16.3. The second kappa shape index (κ2) is 8.12. The molecule has 1 fully saturated rings. The molecule has 0 saturated carbocycles. The zero-order valence-corrected chi connectivity index (χ0v) is 16.3. The number of piperidine rings is 1. The summed E-state index contributed by atoms with van der Waals surface area (Å²) in [6.45, 7) is 8.81. The Hall–Kier alpha value is -2.36. The third-order valence-electron chi connectivity index (χ3n) is 4.85. The van der Waals surface area contributed by atoms with E-state index in [1.54, 1.807) is 18.4 Å². The van der Waals surface area contributed by atoms with Crippen LogP contribution in [0.1, 0.15) is 56.5 Å². The second-order valence-corrected chi connectivity index (χ2v) is 7.71. The number of benzene rings is 1. The molecule has 1 atom stereocenters. The van der Waals surface area contributed by atoms with Gasteiger partial charge in [0.1, 0.15) is 11.4 Å². The Morgan fingerprint density at radius 1 is 1.33 bits per heavy atom. The summed E-state index contributed by atoms with van der Waals surface area (Å²) < 4.78 is 1.74. The normalized spacial score (nSPS) is 18.1. The van der Waals surface area contributed by atoms with Gasteiger partial charge in [-0.15, -0.1) is 0 Å². The van der Waals surface area contributed by atoms with Gasteiger partial charge in [0, 0.05) is 31.1 Å². The van der Waals surface area contributed by atoms with Crippen LogP contribution in [-0.4, -0.2) is 43.5 Å². The van der Waals surface area contributed by atoms with Crippen molar-refractivity contribution in [3.63, 3.8) is 0 Å². The van der Waals surface area contributed by atoms with E-state index < -0.39 is 5.60 Å². The lowest BCUT2D eigenvalue weighted by molar-refractivity contribution is 0.143. The van der Waals surface area contributed by atoms with Gasteiger partial charge in [0.2, 0.25) is 0 Å². The summed E-state index contributed by atoms with van der Waals surface area (Å²) in [5.74, 6) is 7.00. The number of nitrogens with zero attached hydrogens (tertiary/aromatic N) is 3. The molecule has 1 aromatic heterocycles. The van der Waals surface area contributed by atoms with Crippen molar-refractivity contribution in [3.05, 3.63) is 51.7 Å². The number of likely N-dealkylation sites (tertiary alicyclic amines) is 1. The SMILES string of the molecule is CCn1c([C@@H]2CCCN(Cc3ccc(C#CC(C)(C)O)cc3)C2)n[nH]c1=O. The third-order valence-corrected chi connectivity index (χ3v) is 4.85. The van der Waals surface area contributed by atoms with E-state index >= 15 is 0 Å². The van der Waals surface area contributed by atoms with Gasteiger partial charge in [0.05, 0.1) is 0 Å². The number of H-pyrrole nitrogens is 1. The van der Waals surface area contributed by atoms with E-state index in [1.165, 1.54) is 5.56 Å². The average Bonchev–Trinajstić information content (AvgIpc) is 3.01. The van der Waals surface area contributed by atoms with Crippen LogP contribution in [0.4, 0.5) is 0 Å². The minimum Gasteiger partial charge on any atom is -0.378 e. The molecule has 0 radical (unpaired) electrons. The highest BCUT2D eigenvalue weighted by molar-refractivity contribution is 5.37. The fraction of sp³-hybridized carbons (Fsp3) is 0.524. The van der Waals surface area contributed by atoms with Gasteiger partial charge in [-0.2, -0.15) is 5.10 Å². The molecule has 0 amide bonds. The Balaban J connectivity index is 1.65. The molecule has 2 N–H and O–H groups in total. The summed E-state index contributed by atoms with van der Waals surface area (Å²) in [6, 6.07) is 8.18. The quantitative estimate of drug-likeness (QED) is 0.811. The molecule has 0 unspecified atom stereocenters. The molecule has 6 heteroatoms. The van der Waals surface area contributed by atoms with Crippen LogP contribution in [-0.2, 0) is 13.1 Å². The average molecular weight is 368 g/mol. The number of aromatic nitrogens is 3. The molecule has 0 bridgehead atoms. The first kappa shape index (κ1) is 19.4. The van der Waals surface area contributed by atoms with Gasteiger partial charge in [0.25, 0.3) is 0 Å². The number of rotatable bonds is 4. The Labute approximate surface area is 160 Å². The third kappa shape index (κ3) is 5.09. The topological polar surface area (TPSA) is 74.2 Å². The van der Waals surface area contributed by atoms with E-state index in [-0.39, 0.29) is 11.6 Å². The zero-order valence-electron chi connectivity index (χ0n) is 16.3. The van der Waals surface area contributed by atoms with E-state index in [4.69, 9.17) is 0 Å². The highest BCUT2D eigenvalue weighted by Crippen LogP contribution is 2.26. The van der Waals surface area contributed by atoms with Gasteiger partial charge in [-0.05, 0) is 57.9 Å². The summed E-state index contributed by atoms with van der Waals surface area (Å²) in [5, 5.41) is 16.6. The van der Waals surface area contributed by atoms with Crippen molar-refractivity contribution < 1.29 is 5.11 Å². The van der Waals surface area contributed by atoms with E-state index in [0.717, 1.165) is 43.9 Å². The standard InChI is InChI=1S/C21H28N4O2/c1-4-25-19(22-23-20(25)26)18-6-5-13-24(15-18)14-17-9-7-16(8-10-17)11-12-21(2,3)27/h7-10,18,27H,4-6,13-15H2,1-3H3,(H,23,26)/t18-/m1/s1. The van der Waals surface area contributed by atoms with Crippen LogP contribution in [0.5, 0.6) is 0 Å². The van der Waals surface area contributed by atoms with E-state index in [2.05, 4.69) is 39.1 Å². The maximum atomic E-state index is 11.8. The van der Waals surface area contributed by atoms with E-state index in [0.29, 0.717) is 6.54 Å². The lowest BCUT2D eigenvalue weighted by atomic mass is 9.96. The predicted octanol–water partition coefficient (Wildman–Crippen LogP) is 2.09. The summed E-state index contributed by atoms with van der Waals surface area (Å²) >= 11 is 0. The van der Waals surface area contributed by atoms with Crippen LogP contribution in [0.3, 0.4) is 0 Å².